The second kappa shape index (κ2) is 7.73. The summed E-state index contributed by atoms with van der Waals surface area (Å²) in [6.45, 7) is 9.37. The van der Waals surface area contributed by atoms with Crippen LogP contribution >= 0.6 is 0 Å². The van der Waals surface area contributed by atoms with Gasteiger partial charge in [-0.1, -0.05) is 6.92 Å². The quantitative estimate of drug-likeness (QED) is 0.911. The van der Waals surface area contributed by atoms with E-state index in [0.717, 1.165) is 6.42 Å². The van der Waals surface area contributed by atoms with Crippen molar-refractivity contribution in [2.24, 2.45) is 5.92 Å². The fourth-order valence-electron chi connectivity index (χ4n) is 3.17. The van der Waals surface area contributed by atoms with Crippen LogP contribution in [0.3, 0.4) is 0 Å². The van der Waals surface area contributed by atoms with Crippen LogP contribution in [0, 0.1) is 17.2 Å². The van der Waals surface area contributed by atoms with Crippen LogP contribution in [-0.2, 0) is 15.1 Å². The van der Waals surface area contributed by atoms with E-state index in [1.165, 1.54) is 0 Å². The average Bonchev–Trinajstić information content (AvgIpc) is 2.98. The number of rotatable bonds is 4. The molecule has 1 N–H and O–H groups in total. The van der Waals surface area contributed by atoms with Gasteiger partial charge in [0.1, 0.15) is 11.9 Å². The number of carbonyl (C=O) groups excluding carboxylic acids is 2. The predicted molar refractivity (Wildman–Crippen MR) is 97.0 cm³/mol. The standard InChI is InChI=1S/C19H28N4O2/c1-5-6-17(24)22-9-7-15(8-10-22)18(25)21-16-11-14(12-20)13-23(16)19(2,3)4/h11,13,15H,5-10H2,1-4H3,(H,21,25). The van der Waals surface area contributed by atoms with Gasteiger partial charge in [0.2, 0.25) is 11.8 Å². The Morgan fingerprint density at radius 1 is 1.32 bits per heavy atom. The minimum atomic E-state index is -0.229. The lowest BCUT2D eigenvalue weighted by molar-refractivity contribution is -0.134. The van der Waals surface area contributed by atoms with Crippen LogP contribution < -0.4 is 5.32 Å². The maximum atomic E-state index is 12.6. The zero-order chi connectivity index (χ0) is 18.6. The number of amides is 2. The molecule has 0 radical (unpaired) electrons. The summed E-state index contributed by atoms with van der Waals surface area (Å²) in [7, 11) is 0. The highest BCUT2D eigenvalue weighted by atomic mass is 16.2. The van der Waals surface area contributed by atoms with Gasteiger partial charge in [-0.2, -0.15) is 5.26 Å². The van der Waals surface area contributed by atoms with Crippen LogP contribution in [0.25, 0.3) is 0 Å². The number of piperidine rings is 1. The first kappa shape index (κ1) is 19.0. The van der Waals surface area contributed by atoms with Crippen LogP contribution in [-0.4, -0.2) is 34.4 Å². The normalized spacial score (nSPS) is 15.7. The monoisotopic (exact) mass is 344 g/mol. The van der Waals surface area contributed by atoms with Crippen molar-refractivity contribution < 1.29 is 9.59 Å². The third kappa shape index (κ3) is 4.62. The molecule has 1 fully saturated rings. The lowest BCUT2D eigenvalue weighted by Gasteiger charge is -2.32. The molecule has 0 saturated carbocycles. The summed E-state index contributed by atoms with van der Waals surface area (Å²) >= 11 is 0. The number of hydrogen-bond donors (Lipinski definition) is 1. The molecule has 0 bridgehead atoms. The van der Waals surface area contributed by atoms with E-state index < -0.39 is 0 Å². The van der Waals surface area contributed by atoms with E-state index in [0.29, 0.717) is 43.7 Å². The van der Waals surface area contributed by atoms with Crippen LogP contribution in [0.1, 0.15) is 58.9 Å². The lowest BCUT2D eigenvalue weighted by atomic mass is 9.95. The molecule has 0 aromatic carbocycles. The molecule has 1 saturated heterocycles. The number of anilines is 1. The number of likely N-dealkylation sites (tertiary alicyclic amines) is 1. The smallest absolute Gasteiger partial charge is 0.228 e. The molecule has 2 amide bonds. The van der Waals surface area contributed by atoms with Crippen molar-refractivity contribution in [2.45, 2.75) is 58.9 Å². The van der Waals surface area contributed by atoms with Gasteiger partial charge in [-0.3, -0.25) is 9.59 Å². The number of nitrogens with one attached hydrogen (secondary N) is 1. The maximum Gasteiger partial charge on any atom is 0.228 e. The van der Waals surface area contributed by atoms with Crippen molar-refractivity contribution in [3.63, 3.8) is 0 Å². The molecule has 2 heterocycles. The highest BCUT2D eigenvalue weighted by Crippen LogP contribution is 2.26. The van der Waals surface area contributed by atoms with Crippen LogP contribution in [0.4, 0.5) is 5.82 Å². The molecular weight excluding hydrogens is 316 g/mol. The Balaban J connectivity index is 2.01. The second-order valence-corrected chi connectivity index (χ2v) is 7.66. The Morgan fingerprint density at radius 3 is 2.48 bits per heavy atom. The summed E-state index contributed by atoms with van der Waals surface area (Å²) in [5.41, 5.74) is 0.304. The van der Waals surface area contributed by atoms with Gasteiger partial charge in [-0.25, -0.2) is 0 Å². The number of aromatic nitrogens is 1. The third-order valence-corrected chi connectivity index (χ3v) is 4.61. The Morgan fingerprint density at radius 2 is 1.96 bits per heavy atom. The second-order valence-electron chi connectivity index (χ2n) is 7.66. The molecule has 1 aromatic heterocycles. The SMILES string of the molecule is CCCC(=O)N1CCC(C(=O)Nc2cc(C#N)cn2C(C)(C)C)CC1. The first-order chi connectivity index (χ1) is 11.8. The van der Waals surface area contributed by atoms with E-state index in [9.17, 15) is 9.59 Å². The summed E-state index contributed by atoms with van der Waals surface area (Å²) in [6.07, 6.45) is 4.56. The van der Waals surface area contributed by atoms with E-state index in [-0.39, 0.29) is 23.3 Å². The molecule has 136 valence electrons. The van der Waals surface area contributed by atoms with Gasteiger partial charge in [0.25, 0.3) is 0 Å². The molecule has 0 spiro atoms. The van der Waals surface area contributed by atoms with Gasteiger partial charge in [0.05, 0.1) is 5.56 Å². The Labute approximate surface area is 149 Å². The summed E-state index contributed by atoms with van der Waals surface area (Å²) in [4.78, 5) is 26.4. The van der Waals surface area contributed by atoms with Crippen molar-refractivity contribution in [3.8, 4) is 6.07 Å². The molecule has 25 heavy (non-hydrogen) atoms. The first-order valence-electron chi connectivity index (χ1n) is 8.98. The predicted octanol–water partition coefficient (Wildman–Crippen LogP) is 3.09. The van der Waals surface area contributed by atoms with Crippen molar-refractivity contribution in [3.05, 3.63) is 17.8 Å². The van der Waals surface area contributed by atoms with Crippen molar-refractivity contribution >= 4 is 17.6 Å². The van der Waals surface area contributed by atoms with Crippen molar-refractivity contribution in [1.29, 1.82) is 5.26 Å². The fourth-order valence-corrected chi connectivity index (χ4v) is 3.17. The molecule has 2 rings (SSSR count). The summed E-state index contributed by atoms with van der Waals surface area (Å²) in [6, 6.07) is 3.84. The highest BCUT2D eigenvalue weighted by Gasteiger charge is 2.28. The maximum absolute atomic E-state index is 12.6. The molecule has 6 heteroatoms. The van der Waals surface area contributed by atoms with Crippen molar-refractivity contribution in [2.75, 3.05) is 18.4 Å². The molecule has 0 unspecified atom stereocenters. The topological polar surface area (TPSA) is 78.1 Å². The molecule has 0 aliphatic carbocycles. The molecule has 0 atom stereocenters. The van der Waals surface area contributed by atoms with Crippen LogP contribution in [0.5, 0.6) is 0 Å². The fraction of sp³-hybridized carbons (Fsp3) is 0.632. The lowest BCUT2D eigenvalue weighted by Crippen LogP contribution is -2.41. The minimum Gasteiger partial charge on any atom is -0.343 e. The molecule has 1 aromatic rings. The molecular formula is C19H28N4O2. The van der Waals surface area contributed by atoms with E-state index >= 15 is 0 Å². The van der Waals surface area contributed by atoms with Gasteiger partial charge in [0, 0.05) is 37.2 Å². The number of nitriles is 1. The number of nitrogens with zero attached hydrogens (tertiary/aromatic N) is 3. The van der Waals surface area contributed by atoms with Gasteiger partial charge in [0.15, 0.2) is 0 Å². The highest BCUT2D eigenvalue weighted by molar-refractivity contribution is 5.92. The molecule has 6 nitrogen and oxygen atoms in total. The van der Waals surface area contributed by atoms with E-state index in [2.05, 4.69) is 11.4 Å². The minimum absolute atomic E-state index is 0.0318. The molecule has 1 aliphatic heterocycles. The third-order valence-electron chi connectivity index (χ3n) is 4.61. The van der Waals surface area contributed by atoms with Crippen LogP contribution in [0.15, 0.2) is 12.3 Å². The van der Waals surface area contributed by atoms with Crippen LogP contribution in [0.2, 0.25) is 0 Å². The summed E-state index contributed by atoms with van der Waals surface area (Å²) < 4.78 is 1.92. The Kier molecular flexibility index (Phi) is 5.89. The number of hydrogen-bond acceptors (Lipinski definition) is 3. The zero-order valence-electron chi connectivity index (χ0n) is 15.6. The van der Waals surface area contributed by atoms with Crippen molar-refractivity contribution in [1.82, 2.24) is 9.47 Å². The Bertz CT molecular complexity index is 671. The zero-order valence-corrected chi connectivity index (χ0v) is 15.6. The van der Waals surface area contributed by atoms with Gasteiger partial charge in [-0.15, -0.1) is 0 Å². The van der Waals surface area contributed by atoms with Gasteiger partial charge in [-0.05, 0) is 46.1 Å². The van der Waals surface area contributed by atoms with Gasteiger partial charge < -0.3 is 14.8 Å². The summed E-state index contributed by atoms with van der Waals surface area (Å²) in [5.74, 6) is 0.704. The average molecular weight is 344 g/mol. The largest absolute Gasteiger partial charge is 0.343 e. The van der Waals surface area contributed by atoms with E-state index in [1.54, 1.807) is 12.3 Å². The first-order valence-corrected chi connectivity index (χ1v) is 8.98. The summed E-state index contributed by atoms with van der Waals surface area (Å²) in [5, 5.41) is 12.1. The molecule has 1 aliphatic rings. The van der Waals surface area contributed by atoms with E-state index in [1.807, 2.05) is 37.2 Å². The van der Waals surface area contributed by atoms with Gasteiger partial charge >= 0.3 is 0 Å². The Hall–Kier alpha value is -2.29. The number of carbonyl (C=O) groups is 2. The van der Waals surface area contributed by atoms with E-state index in [4.69, 9.17) is 5.26 Å².